The number of phenolic OH excluding ortho intramolecular Hbond substituents is 1. The number of nitrogens with one attached hydrogen (secondary N) is 1. The van der Waals surface area contributed by atoms with Gasteiger partial charge in [0.1, 0.15) is 17.8 Å². The third-order valence-corrected chi connectivity index (χ3v) is 4.28. The molecule has 3 heterocycles. The minimum absolute atomic E-state index is 0.0339. The number of aromatic hydroxyl groups is 1. The second-order valence-corrected chi connectivity index (χ2v) is 6.07. The zero-order valence-electron chi connectivity index (χ0n) is 15.2. The number of rotatable bonds is 5. The first kappa shape index (κ1) is 17.5. The highest BCUT2D eigenvalue weighted by Crippen LogP contribution is 2.31. The minimum atomic E-state index is -0.249. The van der Waals surface area contributed by atoms with Crippen molar-refractivity contribution in [2.24, 2.45) is 0 Å². The van der Waals surface area contributed by atoms with E-state index in [4.69, 9.17) is 9.15 Å². The smallest absolute Gasteiger partial charge is 0.251 e. The van der Waals surface area contributed by atoms with Crippen LogP contribution in [0.5, 0.6) is 11.5 Å². The van der Waals surface area contributed by atoms with Crippen molar-refractivity contribution < 1.29 is 19.1 Å². The number of fused-ring (bicyclic) bond motifs is 1. The summed E-state index contributed by atoms with van der Waals surface area (Å²) in [5.41, 5.74) is 2.34. The van der Waals surface area contributed by atoms with Crippen LogP contribution in [-0.4, -0.2) is 37.7 Å². The third kappa shape index (κ3) is 3.25. The van der Waals surface area contributed by atoms with Gasteiger partial charge in [0.2, 0.25) is 5.89 Å². The molecule has 0 saturated carbocycles. The Kier molecular flexibility index (Phi) is 4.40. The van der Waals surface area contributed by atoms with E-state index in [1.54, 1.807) is 41.9 Å². The average Bonchev–Trinajstić information content (AvgIpc) is 3.32. The number of oxazole rings is 1. The standard InChI is InChI=1S/C19H17N5O4/c1-11-14(23-19(28-11)13-3-4-15(25)16(7-13)27-2)9-20-18(26)12-5-6-24-17(8-12)21-10-22-24/h3-8,10,25H,9H2,1-2H3,(H,20,26). The van der Waals surface area contributed by atoms with E-state index in [2.05, 4.69) is 20.4 Å². The summed E-state index contributed by atoms with van der Waals surface area (Å²) in [7, 11) is 1.47. The Balaban J connectivity index is 1.50. The molecule has 0 aliphatic rings. The van der Waals surface area contributed by atoms with Crippen LogP contribution < -0.4 is 10.1 Å². The summed E-state index contributed by atoms with van der Waals surface area (Å²) in [4.78, 5) is 20.9. The predicted octanol–water partition coefficient (Wildman–Crippen LogP) is 2.34. The quantitative estimate of drug-likeness (QED) is 0.547. The number of pyridine rings is 1. The van der Waals surface area contributed by atoms with Gasteiger partial charge in [-0.15, -0.1) is 0 Å². The van der Waals surface area contributed by atoms with Crippen molar-refractivity contribution in [1.82, 2.24) is 24.9 Å². The van der Waals surface area contributed by atoms with Gasteiger partial charge in [0.05, 0.1) is 13.7 Å². The second kappa shape index (κ2) is 7.03. The van der Waals surface area contributed by atoms with Crippen molar-refractivity contribution in [2.45, 2.75) is 13.5 Å². The number of phenols is 1. The number of hydrogen-bond acceptors (Lipinski definition) is 7. The maximum atomic E-state index is 12.4. The fourth-order valence-electron chi connectivity index (χ4n) is 2.75. The van der Waals surface area contributed by atoms with E-state index in [0.717, 1.165) is 0 Å². The highest BCUT2D eigenvalue weighted by Gasteiger charge is 2.15. The Hall–Kier alpha value is -3.88. The lowest BCUT2D eigenvalue weighted by Crippen LogP contribution is -2.23. The van der Waals surface area contributed by atoms with Crippen LogP contribution in [0.15, 0.2) is 47.3 Å². The second-order valence-electron chi connectivity index (χ2n) is 6.07. The van der Waals surface area contributed by atoms with Crippen molar-refractivity contribution in [2.75, 3.05) is 7.11 Å². The SMILES string of the molecule is COc1cc(-c2nc(CNC(=O)c3ccn4ncnc4c3)c(C)o2)ccc1O. The predicted molar refractivity (Wildman–Crippen MR) is 99.0 cm³/mol. The van der Waals surface area contributed by atoms with Crippen LogP contribution in [0, 0.1) is 6.92 Å². The molecule has 3 aromatic heterocycles. The molecule has 0 atom stereocenters. The summed E-state index contributed by atoms with van der Waals surface area (Å²) < 4.78 is 12.4. The monoisotopic (exact) mass is 379 g/mol. The maximum absolute atomic E-state index is 12.4. The van der Waals surface area contributed by atoms with Gasteiger partial charge >= 0.3 is 0 Å². The molecule has 0 radical (unpaired) electrons. The minimum Gasteiger partial charge on any atom is -0.504 e. The summed E-state index contributed by atoms with van der Waals surface area (Å²) in [6.07, 6.45) is 3.10. The Bertz CT molecular complexity index is 1160. The van der Waals surface area contributed by atoms with Crippen molar-refractivity contribution in [3.8, 4) is 23.0 Å². The third-order valence-electron chi connectivity index (χ3n) is 4.28. The summed E-state index contributed by atoms with van der Waals surface area (Å²) >= 11 is 0. The van der Waals surface area contributed by atoms with Gasteiger partial charge in [-0.25, -0.2) is 14.5 Å². The van der Waals surface area contributed by atoms with E-state index in [0.29, 0.717) is 39.9 Å². The Morgan fingerprint density at radius 3 is 3.00 bits per heavy atom. The molecule has 2 N–H and O–H groups in total. The zero-order valence-corrected chi connectivity index (χ0v) is 15.2. The van der Waals surface area contributed by atoms with Crippen LogP contribution in [0.4, 0.5) is 0 Å². The summed E-state index contributed by atoms with van der Waals surface area (Å²) in [5.74, 6) is 1.08. The van der Waals surface area contributed by atoms with Gasteiger partial charge < -0.3 is 19.6 Å². The molecule has 9 nitrogen and oxygen atoms in total. The van der Waals surface area contributed by atoms with Gasteiger partial charge in [0.25, 0.3) is 5.91 Å². The number of benzene rings is 1. The molecule has 1 amide bonds. The van der Waals surface area contributed by atoms with Gasteiger partial charge in [-0.1, -0.05) is 0 Å². The van der Waals surface area contributed by atoms with Gasteiger partial charge in [0.15, 0.2) is 17.1 Å². The Morgan fingerprint density at radius 1 is 1.32 bits per heavy atom. The molecule has 0 spiro atoms. The molecule has 0 saturated heterocycles. The molecular weight excluding hydrogens is 362 g/mol. The number of amides is 1. The largest absolute Gasteiger partial charge is 0.504 e. The number of carbonyl (C=O) groups is 1. The van der Waals surface area contributed by atoms with Crippen LogP contribution in [0.1, 0.15) is 21.8 Å². The normalized spacial score (nSPS) is 10.9. The van der Waals surface area contributed by atoms with Crippen LogP contribution in [0.3, 0.4) is 0 Å². The zero-order chi connectivity index (χ0) is 19.7. The number of carbonyl (C=O) groups excluding carboxylic acids is 1. The summed E-state index contributed by atoms with van der Waals surface area (Å²) in [6, 6.07) is 8.15. The van der Waals surface area contributed by atoms with E-state index in [1.165, 1.54) is 19.5 Å². The molecule has 4 aromatic rings. The first-order valence-corrected chi connectivity index (χ1v) is 8.46. The number of aromatic nitrogens is 4. The van der Waals surface area contributed by atoms with Crippen LogP contribution in [0.2, 0.25) is 0 Å². The first-order valence-electron chi connectivity index (χ1n) is 8.46. The summed E-state index contributed by atoms with van der Waals surface area (Å²) in [6.45, 7) is 1.99. The molecule has 0 unspecified atom stereocenters. The highest BCUT2D eigenvalue weighted by atomic mass is 16.5. The van der Waals surface area contributed by atoms with E-state index < -0.39 is 0 Å². The van der Waals surface area contributed by atoms with Crippen LogP contribution in [-0.2, 0) is 6.54 Å². The molecule has 142 valence electrons. The Morgan fingerprint density at radius 2 is 2.18 bits per heavy atom. The highest BCUT2D eigenvalue weighted by molar-refractivity contribution is 5.94. The molecule has 0 aliphatic carbocycles. The fourth-order valence-corrected chi connectivity index (χ4v) is 2.75. The average molecular weight is 379 g/mol. The molecule has 1 aromatic carbocycles. The molecule has 9 heteroatoms. The molecule has 0 aliphatic heterocycles. The lowest BCUT2D eigenvalue weighted by atomic mass is 10.2. The maximum Gasteiger partial charge on any atom is 0.251 e. The topological polar surface area (TPSA) is 115 Å². The van der Waals surface area contributed by atoms with E-state index in [1.807, 2.05) is 0 Å². The number of aryl methyl sites for hydroxylation is 1. The number of nitrogens with zero attached hydrogens (tertiary/aromatic N) is 4. The van der Waals surface area contributed by atoms with E-state index >= 15 is 0 Å². The van der Waals surface area contributed by atoms with Crippen LogP contribution in [0.25, 0.3) is 17.1 Å². The lowest BCUT2D eigenvalue weighted by Gasteiger charge is -2.04. The molecule has 4 rings (SSSR count). The van der Waals surface area contributed by atoms with Gasteiger partial charge in [-0.3, -0.25) is 4.79 Å². The number of ether oxygens (including phenoxy) is 1. The molecule has 0 fully saturated rings. The van der Waals surface area contributed by atoms with Gasteiger partial charge in [-0.05, 0) is 37.3 Å². The number of methoxy groups -OCH3 is 1. The first-order chi connectivity index (χ1) is 13.5. The van der Waals surface area contributed by atoms with E-state index in [-0.39, 0.29) is 18.2 Å². The molecular formula is C19H17N5O4. The van der Waals surface area contributed by atoms with Crippen molar-refractivity contribution in [1.29, 1.82) is 0 Å². The fraction of sp³-hybridized carbons (Fsp3) is 0.158. The van der Waals surface area contributed by atoms with Crippen molar-refractivity contribution in [3.63, 3.8) is 0 Å². The van der Waals surface area contributed by atoms with Gasteiger partial charge in [0, 0.05) is 17.3 Å². The van der Waals surface area contributed by atoms with Crippen molar-refractivity contribution in [3.05, 3.63) is 59.9 Å². The Labute approximate surface area is 159 Å². The van der Waals surface area contributed by atoms with Crippen molar-refractivity contribution >= 4 is 11.6 Å². The number of hydrogen-bond donors (Lipinski definition) is 2. The van der Waals surface area contributed by atoms with Crippen LogP contribution >= 0.6 is 0 Å². The van der Waals surface area contributed by atoms with E-state index in [9.17, 15) is 9.90 Å². The van der Waals surface area contributed by atoms with Gasteiger partial charge in [-0.2, -0.15) is 5.10 Å². The lowest BCUT2D eigenvalue weighted by molar-refractivity contribution is 0.0950. The summed E-state index contributed by atoms with van der Waals surface area (Å²) in [5, 5.41) is 16.5. The molecule has 0 bridgehead atoms. The molecule has 28 heavy (non-hydrogen) atoms.